The van der Waals surface area contributed by atoms with Crippen LogP contribution in [0.3, 0.4) is 0 Å². The predicted molar refractivity (Wildman–Crippen MR) is 150 cm³/mol. The molecule has 0 saturated carbocycles. The molecule has 0 radical (unpaired) electrons. The first-order chi connectivity index (χ1) is 18.1. The van der Waals surface area contributed by atoms with Gasteiger partial charge in [0.25, 0.3) is 0 Å². The predicted octanol–water partition coefficient (Wildman–Crippen LogP) is 5.71. The first-order valence-corrected chi connectivity index (χ1v) is 15.4. The highest BCUT2D eigenvalue weighted by molar-refractivity contribution is 8.18. The Kier molecular flexibility index (Phi) is 8.49. The molecule has 0 spiro atoms. The van der Waals surface area contributed by atoms with E-state index in [2.05, 4.69) is 16.4 Å². The second-order valence-corrected chi connectivity index (χ2v) is 13.0. The second kappa shape index (κ2) is 11.6. The van der Waals surface area contributed by atoms with Crippen LogP contribution in [0.1, 0.15) is 11.1 Å². The van der Waals surface area contributed by atoms with Crippen LogP contribution in [0.25, 0.3) is 5.57 Å². The lowest BCUT2D eigenvalue weighted by Gasteiger charge is -2.04. The van der Waals surface area contributed by atoms with Gasteiger partial charge in [0.1, 0.15) is 21.1 Å². The maximum Gasteiger partial charge on any atom is 0.358 e. The lowest BCUT2D eigenvalue weighted by molar-refractivity contribution is 0.340. The van der Waals surface area contributed by atoms with Gasteiger partial charge in [-0.25, -0.2) is 0 Å². The van der Waals surface area contributed by atoms with Crippen molar-refractivity contribution in [1.82, 2.24) is 0 Å². The Morgan fingerprint density at radius 2 is 1.58 bits per heavy atom. The minimum absolute atomic E-state index is 0.0594. The van der Waals surface area contributed by atoms with Crippen molar-refractivity contribution in [3.8, 4) is 6.07 Å². The molecule has 0 fully saturated rings. The molecule has 9 nitrogen and oxygen atoms in total. The van der Waals surface area contributed by atoms with Crippen LogP contribution in [0, 0.1) is 18.3 Å². The summed E-state index contributed by atoms with van der Waals surface area (Å²) >= 11 is 8.11. The third-order valence-corrected chi connectivity index (χ3v) is 9.05. The smallest absolute Gasteiger partial charge is 0.264 e. The molecule has 14 heteroatoms. The van der Waals surface area contributed by atoms with Crippen LogP contribution in [0.2, 0.25) is 5.02 Å². The standard InChI is InChI=1S/C24H16ClN3O6S4/c1-16-6-9-18(10-7-16)38(31,32)34-28-23-12-8-17(35-23)15-37(29,30)33-27-24-13-11-22(36-24)20(14-26)19-4-2-3-5-21(19)25/h2-13,15H,1H3. The zero-order valence-corrected chi connectivity index (χ0v) is 23.3. The van der Waals surface area contributed by atoms with Gasteiger partial charge < -0.3 is 0 Å². The molecule has 2 heterocycles. The molecule has 0 unspecified atom stereocenters. The number of oxime groups is 2. The van der Waals surface area contributed by atoms with Crippen molar-refractivity contribution in [2.24, 2.45) is 10.3 Å². The Labute approximate surface area is 233 Å². The van der Waals surface area contributed by atoms with E-state index in [-0.39, 0.29) is 19.9 Å². The van der Waals surface area contributed by atoms with E-state index in [0.717, 1.165) is 34.5 Å². The van der Waals surface area contributed by atoms with Crippen LogP contribution in [0.15, 0.2) is 103 Å². The number of thioether (sulfide) groups is 2. The molecule has 2 aliphatic heterocycles. The molecular formula is C24H16ClN3O6S4. The van der Waals surface area contributed by atoms with Crippen LogP contribution in [-0.4, -0.2) is 26.9 Å². The number of hydrogen-bond donors (Lipinski definition) is 0. The van der Waals surface area contributed by atoms with Crippen molar-refractivity contribution >= 4 is 71.0 Å². The first-order valence-electron chi connectivity index (χ1n) is 10.5. The van der Waals surface area contributed by atoms with Gasteiger partial charge in [0.15, 0.2) is 0 Å². The van der Waals surface area contributed by atoms with Gasteiger partial charge in [-0.15, -0.1) is 0 Å². The quantitative estimate of drug-likeness (QED) is 0.287. The minimum Gasteiger partial charge on any atom is -0.264 e. The average Bonchev–Trinajstić information content (AvgIpc) is 3.53. The fraction of sp³-hybridized carbons (Fsp3) is 0.0417. The van der Waals surface area contributed by atoms with E-state index in [0.29, 0.717) is 21.1 Å². The highest BCUT2D eigenvalue weighted by Gasteiger charge is 2.21. The number of nitrogens with zero attached hydrogens (tertiary/aromatic N) is 3. The normalized spacial score (nSPS) is 19.8. The highest BCUT2D eigenvalue weighted by atomic mass is 35.5. The largest absolute Gasteiger partial charge is 0.358 e. The summed E-state index contributed by atoms with van der Waals surface area (Å²) in [6.45, 7) is 1.82. The van der Waals surface area contributed by atoms with Crippen molar-refractivity contribution in [3.05, 3.63) is 104 Å². The van der Waals surface area contributed by atoms with Crippen molar-refractivity contribution in [1.29, 1.82) is 5.26 Å². The van der Waals surface area contributed by atoms with Gasteiger partial charge in [0.2, 0.25) is 0 Å². The molecule has 194 valence electrons. The lowest BCUT2D eigenvalue weighted by Crippen LogP contribution is -2.03. The van der Waals surface area contributed by atoms with Crippen molar-refractivity contribution in [2.45, 2.75) is 11.8 Å². The molecule has 2 aromatic rings. The molecule has 0 aromatic heterocycles. The average molecular weight is 606 g/mol. The number of hydrogen-bond acceptors (Lipinski definition) is 11. The van der Waals surface area contributed by atoms with E-state index in [1.165, 1.54) is 30.4 Å². The van der Waals surface area contributed by atoms with Crippen LogP contribution in [-0.2, 0) is 28.8 Å². The molecule has 0 atom stereocenters. The maximum absolute atomic E-state index is 12.4. The van der Waals surface area contributed by atoms with Gasteiger partial charge in [-0.2, -0.15) is 22.1 Å². The molecule has 4 rings (SSSR count). The summed E-state index contributed by atoms with van der Waals surface area (Å²) in [4.78, 5) is 0.686. The van der Waals surface area contributed by atoms with E-state index in [4.69, 9.17) is 20.2 Å². The topological polar surface area (TPSA) is 135 Å². The zero-order valence-electron chi connectivity index (χ0n) is 19.3. The Morgan fingerprint density at radius 3 is 2.29 bits per heavy atom. The summed E-state index contributed by atoms with van der Waals surface area (Å²) in [6.07, 6.45) is 5.93. The Balaban J connectivity index is 1.39. The molecule has 0 N–H and O–H groups in total. The Hall–Kier alpha value is -3.28. The Bertz CT molecular complexity index is 1720. The first kappa shape index (κ1) is 27.7. The molecular weight excluding hydrogens is 590 g/mol. The van der Waals surface area contributed by atoms with Gasteiger partial charge in [0.05, 0.1) is 11.0 Å². The minimum atomic E-state index is -4.25. The molecule has 0 saturated heterocycles. The van der Waals surface area contributed by atoms with Gasteiger partial charge in [-0.05, 0) is 49.4 Å². The van der Waals surface area contributed by atoms with Crippen molar-refractivity contribution in [3.63, 3.8) is 0 Å². The van der Waals surface area contributed by atoms with Crippen LogP contribution < -0.4 is 0 Å². The molecule has 0 amide bonds. The SMILES string of the molecule is Cc1ccc(S(=O)(=O)ON=C2C=CC(=CS(=O)(=O)ON=C3C=CC(=C(C#N)c4ccccc4Cl)S3)S2)cc1. The number of aryl methyl sites for hydroxylation is 1. The second-order valence-electron chi connectivity index (χ2n) is 7.49. The molecule has 2 aromatic carbocycles. The van der Waals surface area contributed by atoms with E-state index >= 15 is 0 Å². The van der Waals surface area contributed by atoms with Crippen LogP contribution in [0.5, 0.6) is 0 Å². The maximum atomic E-state index is 12.4. The van der Waals surface area contributed by atoms with Gasteiger partial charge in [-0.1, -0.05) is 81.3 Å². The van der Waals surface area contributed by atoms with E-state index in [1.807, 2.05) is 6.92 Å². The van der Waals surface area contributed by atoms with Gasteiger partial charge in [0, 0.05) is 20.4 Å². The molecule has 2 aliphatic rings. The molecule has 38 heavy (non-hydrogen) atoms. The van der Waals surface area contributed by atoms with Crippen LogP contribution >= 0.6 is 35.1 Å². The third kappa shape index (κ3) is 6.97. The van der Waals surface area contributed by atoms with E-state index < -0.39 is 20.2 Å². The summed E-state index contributed by atoms with van der Waals surface area (Å²) in [5.41, 5.74) is 1.75. The van der Waals surface area contributed by atoms with Crippen molar-refractivity contribution in [2.75, 3.05) is 0 Å². The fourth-order valence-corrected chi connectivity index (χ4v) is 6.58. The van der Waals surface area contributed by atoms with Crippen LogP contribution in [0.4, 0.5) is 0 Å². The monoisotopic (exact) mass is 605 g/mol. The number of halogens is 1. The molecule has 0 bridgehead atoms. The third-order valence-electron chi connectivity index (χ3n) is 4.73. The number of benzene rings is 2. The van der Waals surface area contributed by atoms with E-state index in [9.17, 15) is 22.1 Å². The highest BCUT2D eigenvalue weighted by Crippen LogP contribution is 2.36. The van der Waals surface area contributed by atoms with Crippen molar-refractivity contribution < 1.29 is 25.4 Å². The summed E-state index contributed by atoms with van der Waals surface area (Å²) in [7, 11) is -8.38. The fourth-order valence-electron chi connectivity index (χ4n) is 2.96. The summed E-state index contributed by atoms with van der Waals surface area (Å²) in [5, 5.41) is 18.4. The lowest BCUT2D eigenvalue weighted by atomic mass is 10.1. The number of rotatable bonds is 7. The van der Waals surface area contributed by atoms with E-state index in [1.54, 1.807) is 42.5 Å². The molecule has 0 aliphatic carbocycles. The summed E-state index contributed by atoms with van der Waals surface area (Å²) in [5.74, 6) is 0. The van der Waals surface area contributed by atoms with Gasteiger partial charge in [-0.3, -0.25) is 8.57 Å². The summed E-state index contributed by atoms with van der Waals surface area (Å²) < 4.78 is 58.8. The van der Waals surface area contributed by atoms with Gasteiger partial charge >= 0.3 is 20.2 Å². The Morgan fingerprint density at radius 1 is 0.921 bits per heavy atom. The number of nitriles is 1. The summed E-state index contributed by atoms with van der Waals surface area (Å²) in [6, 6.07) is 15.0. The zero-order chi connectivity index (χ0) is 27.3. The number of allylic oxidation sites excluding steroid dienone is 3.